The van der Waals surface area contributed by atoms with Crippen molar-refractivity contribution in [3.05, 3.63) is 48.5 Å². The smallest absolute Gasteiger partial charge is 0.240 e. The molecule has 0 unspecified atom stereocenters. The van der Waals surface area contributed by atoms with Gasteiger partial charge in [-0.15, -0.1) is 0 Å². The van der Waals surface area contributed by atoms with Crippen LogP contribution in [0.5, 0.6) is 0 Å². The number of nitrogens with zero attached hydrogens (tertiary/aromatic N) is 4. The van der Waals surface area contributed by atoms with E-state index in [-0.39, 0.29) is 4.90 Å². The highest BCUT2D eigenvalue weighted by Gasteiger charge is 2.12. The van der Waals surface area contributed by atoms with Crippen molar-refractivity contribution in [2.75, 3.05) is 12.4 Å². The number of anilines is 2. The first-order chi connectivity index (χ1) is 12.4. The Kier molecular flexibility index (Phi) is 5.01. The number of aryl methyl sites for hydroxylation is 1. The van der Waals surface area contributed by atoms with Crippen LogP contribution in [0.1, 0.15) is 12.7 Å². The van der Waals surface area contributed by atoms with Crippen molar-refractivity contribution < 1.29 is 8.42 Å². The molecule has 1 aromatic carbocycles. The van der Waals surface area contributed by atoms with Crippen LogP contribution in [0.4, 0.5) is 11.6 Å². The zero-order valence-electron chi connectivity index (χ0n) is 14.8. The molecule has 0 amide bonds. The summed E-state index contributed by atoms with van der Waals surface area (Å²) in [6.45, 7) is 4.81. The summed E-state index contributed by atoms with van der Waals surface area (Å²) in [7, 11) is -2.08. The molecule has 136 valence electrons. The van der Waals surface area contributed by atoms with E-state index in [0.717, 1.165) is 23.8 Å². The van der Waals surface area contributed by atoms with Crippen LogP contribution in [-0.4, -0.2) is 35.0 Å². The molecule has 0 radical (unpaired) electrons. The van der Waals surface area contributed by atoms with Crippen molar-refractivity contribution in [2.45, 2.75) is 25.3 Å². The maximum absolute atomic E-state index is 11.8. The van der Waals surface area contributed by atoms with Gasteiger partial charge in [-0.05, 0) is 51.2 Å². The van der Waals surface area contributed by atoms with Gasteiger partial charge in [0.15, 0.2) is 0 Å². The van der Waals surface area contributed by atoms with Crippen LogP contribution in [-0.2, 0) is 16.6 Å². The summed E-state index contributed by atoms with van der Waals surface area (Å²) >= 11 is 0. The molecule has 0 aliphatic heterocycles. The van der Waals surface area contributed by atoms with Crippen LogP contribution in [0.2, 0.25) is 0 Å². The predicted molar refractivity (Wildman–Crippen MR) is 99.6 cm³/mol. The third kappa shape index (κ3) is 3.58. The molecule has 8 nitrogen and oxygen atoms in total. The second kappa shape index (κ2) is 7.22. The molecule has 0 aliphatic rings. The van der Waals surface area contributed by atoms with Crippen molar-refractivity contribution in [3.8, 4) is 11.4 Å². The lowest BCUT2D eigenvalue weighted by atomic mass is 10.3. The van der Waals surface area contributed by atoms with Crippen LogP contribution >= 0.6 is 0 Å². The van der Waals surface area contributed by atoms with Crippen molar-refractivity contribution >= 4 is 21.7 Å². The van der Waals surface area contributed by atoms with Crippen molar-refractivity contribution in [1.82, 2.24) is 24.2 Å². The van der Waals surface area contributed by atoms with Crippen LogP contribution < -0.4 is 10.0 Å². The van der Waals surface area contributed by atoms with Gasteiger partial charge >= 0.3 is 0 Å². The molecule has 26 heavy (non-hydrogen) atoms. The van der Waals surface area contributed by atoms with E-state index in [4.69, 9.17) is 0 Å². The topological polar surface area (TPSA) is 102 Å². The van der Waals surface area contributed by atoms with Crippen LogP contribution in [0.25, 0.3) is 11.4 Å². The zero-order valence-corrected chi connectivity index (χ0v) is 15.6. The highest BCUT2D eigenvalue weighted by molar-refractivity contribution is 7.89. The van der Waals surface area contributed by atoms with Crippen LogP contribution in [0.15, 0.2) is 47.6 Å². The number of aromatic nitrogens is 4. The Bertz CT molecular complexity index is 1010. The molecule has 0 saturated heterocycles. The second-order valence-electron chi connectivity index (χ2n) is 5.56. The third-order valence-electron chi connectivity index (χ3n) is 3.98. The van der Waals surface area contributed by atoms with E-state index in [2.05, 4.69) is 36.5 Å². The highest BCUT2D eigenvalue weighted by atomic mass is 32.2. The summed E-state index contributed by atoms with van der Waals surface area (Å²) in [6, 6.07) is 8.21. The van der Waals surface area contributed by atoms with Gasteiger partial charge in [0.2, 0.25) is 16.0 Å². The number of sulfonamides is 1. The standard InChI is InChI=1S/C17H20N6O2S/c1-4-23-12(2)20-11-16(23)15-9-10-19-17(22-15)21-13-5-7-14(8-6-13)26(24,25)18-3/h5-11,18H,4H2,1-3H3,(H,19,21,22). The zero-order chi connectivity index (χ0) is 18.7. The van der Waals surface area contributed by atoms with Crippen molar-refractivity contribution in [1.29, 1.82) is 0 Å². The molecular formula is C17H20N6O2S. The van der Waals surface area contributed by atoms with E-state index in [1.165, 1.54) is 19.2 Å². The van der Waals surface area contributed by atoms with E-state index >= 15 is 0 Å². The SMILES string of the molecule is CCn1c(-c2ccnc(Nc3ccc(S(=O)(=O)NC)cc3)n2)cnc1C. The van der Waals surface area contributed by atoms with Gasteiger partial charge in [0.05, 0.1) is 22.5 Å². The fourth-order valence-corrected chi connectivity index (χ4v) is 3.33. The Hall–Kier alpha value is -2.78. The van der Waals surface area contributed by atoms with Gasteiger partial charge < -0.3 is 9.88 Å². The van der Waals surface area contributed by atoms with Crippen LogP contribution in [0.3, 0.4) is 0 Å². The van der Waals surface area contributed by atoms with E-state index in [0.29, 0.717) is 11.6 Å². The molecule has 0 bridgehead atoms. The summed E-state index contributed by atoms with van der Waals surface area (Å²) in [5, 5.41) is 3.09. The van der Waals surface area contributed by atoms with Crippen LogP contribution in [0, 0.1) is 6.92 Å². The first-order valence-corrected chi connectivity index (χ1v) is 9.59. The number of imidazole rings is 1. The third-order valence-corrected chi connectivity index (χ3v) is 5.41. The molecule has 2 heterocycles. The lowest BCUT2D eigenvalue weighted by Gasteiger charge is -2.09. The van der Waals surface area contributed by atoms with Gasteiger partial charge in [-0.1, -0.05) is 0 Å². The number of hydrogen-bond donors (Lipinski definition) is 2. The highest BCUT2D eigenvalue weighted by Crippen LogP contribution is 2.21. The van der Waals surface area contributed by atoms with Crippen molar-refractivity contribution in [3.63, 3.8) is 0 Å². The van der Waals surface area contributed by atoms with E-state index in [1.807, 2.05) is 13.0 Å². The van der Waals surface area contributed by atoms with Crippen molar-refractivity contribution in [2.24, 2.45) is 0 Å². The number of nitrogens with one attached hydrogen (secondary N) is 2. The van der Waals surface area contributed by atoms with Gasteiger partial charge in [-0.25, -0.2) is 28.1 Å². The Labute approximate surface area is 152 Å². The average Bonchev–Trinajstić information content (AvgIpc) is 3.03. The van der Waals surface area contributed by atoms with Gasteiger partial charge in [0.1, 0.15) is 5.82 Å². The second-order valence-corrected chi connectivity index (χ2v) is 7.44. The minimum Gasteiger partial charge on any atom is -0.327 e. The molecule has 0 aliphatic carbocycles. The lowest BCUT2D eigenvalue weighted by Crippen LogP contribution is -2.18. The summed E-state index contributed by atoms with van der Waals surface area (Å²) < 4.78 is 27.9. The average molecular weight is 372 g/mol. The Balaban J connectivity index is 1.85. The molecule has 3 rings (SSSR count). The molecular weight excluding hydrogens is 352 g/mol. The molecule has 9 heteroatoms. The quantitative estimate of drug-likeness (QED) is 0.688. The molecule has 0 fully saturated rings. The maximum Gasteiger partial charge on any atom is 0.240 e. The summed E-state index contributed by atoms with van der Waals surface area (Å²) in [5.74, 6) is 1.35. The first-order valence-electron chi connectivity index (χ1n) is 8.11. The minimum atomic E-state index is -3.45. The number of benzene rings is 1. The molecule has 2 N–H and O–H groups in total. The van der Waals surface area contributed by atoms with E-state index in [9.17, 15) is 8.42 Å². The maximum atomic E-state index is 11.8. The molecule has 3 aromatic rings. The molecule has 0 saturated carbocycles. The minimum absolute atomic E-state index is 0.197. The normalized spacial score (nSPS) is 11.5. The lowest BCUT2D eigenvalue weighted by molar-refractivity contribution is 0.588. The fourth-order valence-electron chi connectivity index (χ4n) is 2.60. The molecule has 0 spiro atoms. The van der Waals surface area contributed by atoms with Gasteiger partial charge in [0.25, 0.3) is 0 Å². The summed E-state index contributed by atoms with van der Waals surface area (Å²) in [5.41, 5.74) is 2.38. The largest absolute Gasteiger partial charge is 0.327 e. The first kappa shape index (κ1) is 18.0. The van der Waals surface area contributed by atoms with Gasteiger partial charge in [-0.3, -0.25) is 0 Å². The van der Waals surface area contributed by atoms with E-state index in [1.54, 1.807) is 24.5 Å². The van der Waals surface area contributed by atoms with E-state index < -0.39 is 10.0 Å². The number of rotatable bonds is 6. The Morgan fingerprint density at radius 2 is 1.85 bits per heavy atom. The molecule has 0 atom stereocenters. The Morgan fingerprint density at radius 1 is 1.12 bits per heavy atom. The fraction of sp³-hybridized carbons (Fsp3) is 0.235. The molecule has 2 aromatic heterocycles. The monoisotopic (exact) mass is 372 g/mol. The van der Waals surface area contributed by atoms with Gasteiger partial charge in [-0.2, -0.15) is 0 Å². The summed E-state index contributed by atoms with van der Waals surface area (Å²) in [4.78, 5) is 13.3. The summed E-state index contributed by atoms with van der Waals surface area (Å²) in [6.07, 6.45) is 3.47. The predicted octanol–water partition coefficient (Wildman–Crippen LogP) is 2.32. The van der Waals surface area contributed by atoms with Gasteiger partial charge in [0, 0.05) is 18.4 Å². The number of hydrogen-bond acceptors (Lipinski definition) is 6. The Morgan fingerprint density at radius 3 is 2.50 bits per heavy atom.